The Morgan fingerprint density at radius 1 is 1.12 bits per heavy atom. The molecule has 1 fully saturated rings. The molecule has 1 aliphatic heterocycles. The van der Waals surface area contributed by atoms with Gasteiger partial charge in [-0.15, -0.1) is 0 Å². The minimum absolute atomic E-state index is 0. The molecule has 2 heterocycles. The molecule has 146 valence electrons. The van der Waals surface area contributed by atoms with Crippen molar-refractivity contribution in [2.75, 3.05) is 39.4 Å². The highest BCUT2D eigenvalue weighted by Gasteiger charge is 2.10. The molecule has 1 aliphatic rings. The quantitative estimate of drug-likeness (QED) is 0.502. The van der Waals surface area contributed by atoms with Gasteiger partial charge in [0, 0.05) is 18.7 Å². The summed E-state index contributed by atoms with van der Waals surface area (Å²) < 4.78 is 24.3. The van der Waals surface area contributed by atoms with Gasteiger partial charge in [-0.3, -0.25) is 4.90 Å². The van der Waals surface area contributed by atoms with Crippen LogP contribution >= 0.6 is 11.6 Å². The molecule has 0 saturated carbocycles. The minimum Gasteiger partial charge on any atom is -1.00 e. The van der Waals surface area contributed by atoms with Crippen LogP contribution in [0.25, 0.3) is 11.3 Å². The number of benzene rings is 1. The summed E-state index contributed by atoms with van der Waals surface area (Å²) in [5.41, 5.74) is 0.778. The third-order valence-electron chi connectivity index (χ3n) is 4.10. The van der Waals surface area contributed by atoms with Crippen LogP contribution < -0.4 is 30.1 Å². The van der Waals surface area contributed by atoms with Crippen molar-refractivity contribution < 1.29 is 38.4 Å². The summed E-state index contributed by atoms with van der Waals surface area (Å²) in [6, 6.07) is 8.41. The molecule has 1 aromatic carbocycles. The first-order chi connectivity index (χ1) is 11.7. The molecule has 0 unspecified atom stereocenters. The minimum atomic E-state index is -0.422. The Morgan fingerprint density at radius 3 is 2.62 bits per heavy atom. The fraction of sp³-hybridized carbons (Fsp3) is 0.444. The molecule has 1 N–H and O–H groups in total. The van der Waals surface area contributed by atoms with E-state index in [1.165, 1.54) is 6.07 Å². The molecule has 1 saturated heterocycles. The van der Waals surface area contributed by atoms with Crippen LogP contribution in [-0.4, -0.2) is 44.3 Å². The summed E-state index contributed by atoms with van der Waals surface area (Å²) in [4.78, 5) is 2.43. The molecule has 2 aromatic rings. The second-order valence-corrected chi connectivity index (χ2v) is 6.29. The number of morpholine rings is 1. The molecule has 0 aliphatic carbocycles. The summed E-state index contributed by atoms with van der Waals surface area (Å²) in [5.74, 6) is 1.13. The van der Waals surface area contributed by atoms with E-state index in [1.54, 1.807) is 12.1 Å². The Labute approximate surface area is 170 Å². The molecule has 0 spiro atoms. The van der Waals surface area contributed by atoms with Gasteiger partial charge in [0.1, 0.15) is 17.3 Å². The molecule has 0 atom stereocenters. The smallest absolute Gasteiger partial charge is 0.141 e. The molecular weight excluding hydrogens is 402 g/mol. The predicted octanol–water partition coefficient (Wildman–Crippen LogP) is -2.44. The predicted molar refractivity (Wildman–Crippen MR) is 92.7 cm³/mol. The van der Waals surface area contributed by atoms with E-state index in [2.05, 4.69) is 10.2 Å². The van der Waals surface area contributed by atoms with E-state index in [1.807, 2.05) is 12.1 Å². The van der Waals surface area contributed by atoms with Gasteiger partial charge in [-0.25, -0.2) is 4.39 Å². The molecule has 0 amide bonds. The zero-order valence-electron chi connectivity index (χ0n) is 14.3. The van der Waals surface area contributed by atoms with Crippen LogP contribution in [0.15, 0.2) is 34.7 Å². The van der Waals surface area contributed by atoms with Gasteiger partial charge in [0.05, 0.1) is 24.8 Å². The van der Waals surface area contributed by atoms with Crippen molar-refractivity contribution in [1.29, 1.82) is 0 Å². The van der Waals surface area contributed by atoms with Crippen LogP contribution in [0.5, 0.6) is 0 Å². The van der Waals surface area contributed by atoms with Gasteiger partial charge in [-0.2, -0.15) is 0 Å². The van der Waals surface area contributed by atoms with Gasteiger partial charge in [-0.1, -0.05) is 11.6 Å². The van der Waals surface area contributed by atoms with Crippen molar-refractivity contribution in [1.82, 2.24) is 10.2 Å². The standard InChI is InChI=1S/C18H22ClFN2O2.2ClH/c19-16-12-14(2-4-17(16)20)18-5-3-15(24-18)13-21-6-1-7-22-8-10-23-11-9-22;;/h2-5,12,21H,1,6-11,13H2;2*1H/p-2. The van der Waals surface area contributed by atoms with Crippen LogP contribution in [0.2, 0.25) is 5.02 Å². The molecule has 1 aromatic heterocycles. The molecule has 26 heavy (non-hydrogen) atoms. The van der Waals surface area contributed by atoms with E-state index in [4.69, 9.17) is 20.8 Å². The maximum Gasteiger partial charge on any atom is 0.141 e. The van der Waals surface area contributed by atoms with Crippen molar-refractivity contribution >= 4 is 11.6 Å². The Hall–Kier alpha value is -0.820. The summed E-state index contributed by atoms with van der Waals surface area (Å²) in [5, 5.41) is 3.49. The van der Waals surface area contributed by atoms with Crippen molar-refractivity contribution in [2.45, 2.75) is 13.0 Å². The van der Waals surface area contributed by atoms with E-state index >= 15 is 0 Å². The first kappa shape index (κ1) is 23.2. The van der Waals surface area contributed by atoms with Gasteiger partial charge in [0.2, 0.25) is 0 Å². The normalized spacial score (nSPS) is 14.5. The molecule has 4 nitrogen and oxygen atoms in total. The highest BCUT2D eigenvalue weighted by Crippen LogP contribution is 2.26. The fourth-order valence-corrected chi connectivity index (χ4v) is 2.92. The topological polar surface area (TPSA) is 37.6 Å². The zero-order chi connectivity index (χ0) is 16.8. The number of rotatable bonds is 7. The second kappa shape index (κ2) is 11.8. The van der Waals surface area contributed by atoms with E-state index in [0.29, 0.717) is 12.3 Å². The number of halogens is 4. The third-order valence-corrected chi connectivity index (χ3v) is 4.39. The highest BCUT2D eigenvalue weighted by atomic mass is 35.5. The number of ether oxygens (including phenoxy) is 1. The van der Waals surface area contributed by atoms with Crippen molar-refractivity contribution in [3.8, 4) is 11.3 Å². The van der Waals surface area contributed by atoms with Gasteiger partial charge in [0.25, 0.3) is 0 Å². The number of hydrogen-bond acceptors (Lipinski definition) is 4. The maximum absolute atomic E-state index is 13.2. The number of nitrogens with one attached hydrogen (secondary N) is 1. The summed E-state index contributed by atoms with van der Waals surface area (Å²) >= 11 is 5.81. The van der Waals surface area contributed by atoms with Crippen molar-refractivity contribution in [3.63, 3.8) is 0 Å². The van der Waals surface area contributed by atoms with Crippen LogP contribution in [0.1, 0.15) is 12.2 Å². The van der Waals surface area contributed by atoms with Gasteiger partial charge in [0.15, 0.2) is 0 Å². The lowest BCUT2D eigenvalue weighted by Crippen LogP contribution is -3.00. The lowest BCUT2D eigenvalue weighted by Gasteiger charge is -2.26. The first-order valence-electron chi connectivity index (χ1n) is 8.27. The number of furan rings is 1. The summed E-state index contributed by atoms with van der Waals surface area (Å²) in [7, 11) is 0. The number of nitrogens with zero attached hydrogens (tertiary/aromatic N) is 1. The van der Waals surface area contributed by atoms with Gasteiger partial charge < -0.3 is 39.3 Å². The first-order valence-corrected chi connectivity index (χ1v) is 8.65. The van der Waals surface area contributed by atoms with Crippen molar-refractivity contribution in [2.24, 2.45) is 0 Å². The average Bonchev–Trinajstić information content (AvgIpc) is 3.07. The monoisotopic (exact) mass is 422 g/mol. The summed E-state index contributed by atoms with van der Waals surface area (Å²) in [6.45, 7) is 6.46. The van der Waals surface area contributed by atoms with Crippen molar-refractivity contribution in [3.05, 3.63) is 46.9 Å². The Bertz CT molecular complexity index is 664. The molecule has 0 bridgehead atoms. The van der Waals surface area contributed by atoms with Crippen LogP contribution in [0.4, 0.5) is 4.39 Å². The van der Waals surface area contributed by atoms with E-state index in [-0.39, 0.29) is 29.8 Å². The van der Waals surface area contributed by atoms with Gasteiger partial charge >= 0.3 is 0 Å². The maximum atomic E-state index is 13.2. The van der Waals surface area contributed by atoms with Gasteiger partial charge in [-0.05, 0) is 49.8 Å². The van der Waals surface area contributed by atoms with E-state index in [9.17, 15) is 4.39 Å². The number of hydrogen-bond donors (Lipinski definition) is 1. The third kappa shape index (κ3) is 6.72. The molecular formula is C18H22Cl3FN2O2-2. The fourth-order valence-electron chi connectivity index (χ4n) is 2.74. The molecule has 3 rings (SSSR count). The molecule has 8 heteroatoms. The Balaban J connectivity index is 0.00000169. The molecule has 0 radical (unpaired) electrons. The van der Waals surface area contributed by atoms with Crippen LogP contribution in [0.3, 0.4) is 0 Å². The largest absolute Gasteiger partial charge is 1.00 e. The van der Waals surface area contributed by atoms with Crippen LogP contribution in [-0.2, 0) is 11.3 Å². The lowest BCUT2D eigenvalue weighted by molar-refractivity contribution is -0.00100. The SMILES string of the molecule is Fc1ccc(-c2ccc(CNCCCN3CCOCC3)o2)cc1Cl.[Cl-].[Cl-]. The second-order valence-electron chi connectivity index (χ2n) is 5.88. The van der Waals surface area contributed by atoms with E-state index < -0.39 is 5.82 Å². The average molecular weight is 424 g/mol. The van der Waals surface area contributed by atoms with Crippen LogP contribution in [0, 0.1) is 5.82 Å². The Kier molecular flexibility index (Phi) is 10.5. The zero-order valence-corrected chi connectivity index (χ0v) is 16.6. The Morgan fingerprint density at radius 2 is 1.88 bits per heavy atom. The van der Waals surface area contributed by atoms with E-state index in [0.717, 1.165) is 57.1 Å². The lowest BCUT2D eigenvalue weighted by atomic mass is 10.2. The summed E-state index contributed by atoms with van der Waals surface area (Å²) in [6.07, 6.45) is 1.10. The highest BCUT2D eigenvalue weighted by molar-refractivity contribution is 6.31.